The van der Waals surface area contributed by atoms with Crippen LogP contribution in [0.3, 0.4) is 0 Å². The molecule has 0 aromatic heterocycles. The lowest BCUT2D eigenvalue weighted by atomic mass is 10.1. The van der Waals surface area contributed by atoms with Crippen molar-refractivity contribution in [2.45, 2.75) is 13.3 Å². The van der Waals surface area contributed by atoms with Gasteiger partial charge >= 0.3 is 0 Å². The van der Waals surface area contributed by atoms with Crippen LogP contribution < -0.4 is 20.1 Å². The van der Waals surface area contributed by atoms with Crippen molar-refractivity contribution in [3.05, 3.63) is 23.8 Å². The molecule has 0 unspecified atom stereocenters. The predicted molar refractivity (Wildman–Crippen MR) is 74.9 cm³/mol. The van der Waals surface area contributed by atoms with E-state index in [1.807, 2.05) is 6.92 Å². The molecule has 1 rings (SSSR count). The van der Waals surface area contributed by atoms with Crippen molar-refractivity contribution in [2.75, 3.05) is 27.3 Å². The first-order valence-corrected chi connectivity index (χ1v) is 6.35. The third-order valence-corrected chi connectivity index (χ3v) is 2.63. The van der Waals surface area contributed by atoms with Gasteiger partial charge in [0.05, 0.1) is 27.2 Å². The van der Waals surface area contributed by atoms with Crippen LogP contribution in [0.25, 0.3) is 0 Å². The monoisotopic (exact) mass is 280 g/mol. The highest BCUT2D eigenvalue weighted by Crippen LogP contribution is 2.27. The second-order valence-corrected chi connectivity index (χ2v) is 4.10. The molecule has 0 fully saturated rings. The van der Waals surface area contributed by atoms with Gasteiger partial charge in [-0.15, -0.1) is 0 Å². The maximum absolute atomic E-state index is 11.7. The van der Waals surface area contributed by atoms with Crippen LogP contribution in [0.15, 0.2) is 18.2 Å². The quantitative estimate of drug-likeness (QED) is 0.762. The molecule has 2 amide bonds. The van der Waals surface area contributed by atoms with Gasteiger partial charge in [-0.25, -0.2) is 0 Å². The fourth-order valence-electron chi connectivity index (χ4n) is 1.68. The van der Waals surface area contributed by atoms with Crippen molar-refractivity contribution in [1.82, 2.24) is 10.6 Å². The number of benzene rings is 1. The molecule has 0 bridgehead atoms. The molecule has 0 aliphatic carbocycles. The lowest BCUT2D eigenvalue weighted by Crippen LogP contribution is -2.37. The Kier molecular flexibility index (Phi) is 6.36. The predicted octanol–water partition coefficient (Wildman–Crippen LogP) is 0.499. The second kappa shape index (κ2) is 8.04. The van der Waals surface area contributed by atoms with Crippen molar-refractivity contribution in [3.8, 4) is 11.5 Å². The van der Waals surface area contributed by atoms with E-state index in [1.54, 1.807) is 25.3 Å². The average Bonchev–Trinajstić information content (AvgIpc) is 2.45. The number of amides is 2. The maximum Gasteiger partial charge on any atom is 0.239 e. The van der Waals surface area contributed by atoms with Gasteiger partial charge in [0, 0.05) is 6.54 Å². The van der Waals surface area contributed by atoms with Gasteiger partial charge in [0.25, 0.3) is 0 Å². The molecule has 0 radical (unpaired) electrons. The fourth-order valence-corrected chi connectivity index (χ4v) is 1.68. The summed E-state index contributed by atoms with van der Waals surface area (Å²) >= 11 is 0. The topological polar surface area (TPSA) is 76.7 Å². The number of hydrogen-bond acceptors (Lipinski definition) is 4. The average molecular weight is 280 g/mol. The zero-order valence-electron chi connectivity index (χ0n) is 12.0. The van der Waals surface area contributed by atoms with Crippen LogP contribution >= 0.6 is 0 Å². The number of nitrogens with one attached hydrogen (secondary N) is 2. The summed E-state index contributed by atoms with van der Waals surface area (Å²) in [7, 11) is 3.09. The van der Waals surface area contributed by atoms with Gasteiger partial charge in [-0.05, 0) is 24.6 Å². The van der Waals surface area contributed by atoms with Crippen molar-refractivity contribution < 1.29 is 19.1 Å². The second-order valence-electron chi connectivity index (χ2n) is 4.10. The molecule has 1 aromatic rings. The van der Waals surface area contributed by atoms with Crippen LogP contribution in [-0.2, 0) is 16.0 Å². The maximum atomic E-state index is 11.7. The van der Waals surface area contributed by atoms with Crippen LogP contribution in [0.2, 0.25) is 0 Å². The number of likely N-dealkylation sites (N-methyl/N-ethyl adjacent to an activating group) is 1. The number of carbonyl (C=O) groups is 2. The Morgan fingerprint density at radius 1 is 1.05 bits per heavy atom. The molecule has 6 heteroatoms. The van der Waals surface area contributed by atoms with Gasteiger partial charge < -0.3 is 20.1 Å². The van der Waals surface area contributed by atoms with Crippen molar-refractivity contribution >= 4 is 11.8 Å². The molecule has 0 aliphatic heterocycles. The third-order valence-electron chi connectivity index (χ3n) is 2.63. The van der Waals surface area contributed by atoms with Crippen LogP contribution in [-0.4, -0.2) is 39.1 Å². The van der Waals surface area contributed by atoms with E-state index >= 15 is 0 Å². The van der Waals surface area contributed by atoms with Crippen LogP contribution in [0.1, 0.15) is 12.5 Å². The Labute approximate surface area is 118 Å². The zero-order chi connectivity index (χ0) is 15.0. The summed E-state index contributed by atoms with van der Waals surface area (Å²) in [5, 5.41) is 5.17. The number of hydrogen-bond donors (Lipinski definition) is 2. The third kappa shape index (κ3) is 4.79. The smallest absolute Gasteiger partial charge is 0.239 e. The SMILES string of the molecule is CCNC(=O)CNC(=O)Cc1ccc(OC)c(OC)c1. The molecule has 6 nitrogen and oxygen atoms in total. The van der Waals surface area contributed by atoms with Gasteiger partial charge in [-0.3, -0.25) is 9.59 Å². The Morgan fingerprint density at radius 2 is 1.75 bits per heavy atom. The standard InChI is InChI=1S/C14H20N2O4/c1-4-15-14(18)9-16-13(17)8-10-5-6-11(19-2)12(7-10)20-3/h5-7H,4,8-9H2,1-3H3,(H,15,18)(H,16,17). The van der Waals surface area contributed by atoms with Crippen LogP contribution in [0, 0.1) is 0 Å². The van der Waals surface area contributed by atoms with E-state index in [-0.39, 0.29) is 24.8 Å². The molecular weight excluding hydrogens is 260 g/mol. The molecule has 0 spiro atoms. The molecular formula is C14H20N2O4. The summed E-state index contributed by atoms with van der Waals surface area (Å²) in [5.74, 6) is 0.761. The summed E-state index contributed by atoms with van der Waals surface area (Å²) in [6.07, 6.45) is 0.180. The van der Waals surface area contributed by atoms with Gasteiger partial charge in [0.2, 0.25) is 11.8 Å². The van der Waals surface area contributed by atoms with E-state index in [2.05, 4.69) is 10.6 Å². The van der Waals surface area contributed by atoms with Gasteiger partial charge in [-0.2, -0.15) is 0 Å². The minimum Gasteiger partial charge on any atom is -0.493 e. The van der Waals surface area contributed by atoms with E-state index in [1.165, 1.54) is 7.11 Å². The minimum atomic E-state index is -0.219. The summed E-state index contributed by atoms with van der Waals surface area (Å²) in [6.45, 7) is 2.35. The first kappa shape index (κ1) is 15.8. The fraction of sp³-hybridized carbons (Fsp3) is 0.429. The van der Waals surface area contributed by atoms with Crippen molar-refractivity contribution in [2.24, 2.45) is 0 Å². The Morgan fingerprint density at radius 3 is 2.35 bits per heavy atom. The lowest BCUT2D eigenvalue weighted by molar-refractivity contribution is -0.125. The molecule has 2 N–H and O–H groups in total. The molecule has 110 valence electrons. The van der Waals surface area contributed by atoms with Gasteiger partial charge in [-0.1, -0.05) is 6.07 Å². The first-order chi connectivity index (χ1) is 9.60. The molecule has 0 atom stereocenters. The van der Waals surface area contributed by atoms with Crippen LogP contribution in [0.5, 0.6) is 11.5 Å². The van der Waals surface area contributed by atoms with E-state index in [0.717, 1.165) is 5.56 Å². The van der Waals surface area contributed by atoms with E-state index in [4.69, 9.17) is 9.47 Å². The minimum absolute atomic E-state index is 0.0139. The Bertz CT molecular complexity index is 474. The molecule has 1 aromatic carbocycles. The van der Waals surface area contributed by atoms with Gasteiger partial charge in [0.1, 0.15) is 0 Å². The largest absolute Gasteiger partial charge is 0.493 e. The van der Waals surface area contributed by atoms with Crippen LogP contribution in [0.4, 0.5) is 0 Å². The summed E-state index contributed by atoms with van der Waals surface area (Å²) in [6, 6.07) is 5.27. The van der Waals surface area contributed by atoms with E-state index < -0.39 is 0 Å². The molecule has 0 aliphatic rings. The highest BCUT2D eigenvalue weighted by atomic mass is 16.5. The zero-order valence-corrected chi connectivity index (χ0v) is 12.0. The molecule has 0 heterocycles. The number of carbonyl (C=O) groups excluding carboxylic acids is 2. The van der Waals surface area contributed by atoms with Crippen molar-refractivity contribution in [3.63, 3.8) is 0 Å². The first-order valence-electron chi connectivity index (χ1n) is 6.35. The van der Waals surface area contributed by atoms with E-state index in [0.29, 0.717) is 18.0 Å². The normalized spacial score (nSPS) is 9.75. The Balaban J connectivity index is 2.55. The van der Waals surface area contributed by atoms with E-state index in [9.17, 15) is 9.59 Å². The number of methoxy groups -OCH3 is 2. The highest BCUT2D eigenvalue weighted by Gasteiger charge is 2.09. The summed E-state index contributed by atoms with van der Waals surface area (Å²) in [4.78, 5) is 22.9. The van der Waals surface area contributed by atoms with Crippen molar-refractivity contribution in [1.29, 1.82) is 0 Å². The summed E-state index contributed by atoms with van der Waals surface area (Å²) < 4.78 is 10.3. The van der Waals surface area contributed by atoms with Gasteiger partial charge in [0.15, 0.2) is 11.5 Å². The highest BCUT2D eigenvalue weighted by molar-refractivity contribution is 5.85. The molecule has 20 heavy (non-hydrogen) atoms. The molecule has 0 saturated heterocycles. The number of ether oxygens (including phenoxy) is 2. The lowest BCUT2D eigenvalue weighted by Gasteiger charge is -2.10. The Hall–Kier alpha value is -2.24. The summed E-state index contributed by atoms with van der Waals surface area (Å²) in [5.41, 5.74) is 0.788. The molecule has 0 saturated carbocycles. The number of rotatable bonds is 7.